The first-order valence-corrected chi connectivity index (χ1v) is 12.6. The molecule has 8 nitrogen and oxygen atoms in total. The van der Waals surface area contributed by atoms with Crippen LogP contribution in [0.3, 0.4) is 0 Å². The second-order valence-electron chi connectivity index (χ2n) is 11.1. The average molecular weight is 467 g/mol. The van der Waals surface area contributed by atoms with Gasteiger partial charge in [-0.15, -0.1) is 5.10 Å². The molecule has 4 aliphatic rings. The number of piperazine rings is 1. The number of amides is 1. The fourth-order valence-electron chi connectivity index (χ4n) is 5.85. The van der Waals surface area contributed by atoms with E-state index in [2.05, 4.69) is 58.0 Å². The lowest BCUT2D eigenvalue weighted by Crippen LogP contribution is -2.60. The van der Waals surface area contributed by atoms with Crippen molar-refractivity contribution in [3.63, 3.8) is 0 Å². The summed E-state index contributed by atoms with van der Waals surface area (Å²) in [5, 5.41) is 8.76. The van der Waals surface area contributed by atoms with E-state index in [4.69, 9.17) is 4.74 Å². The largest absolute Gasteiger partial charge is 0.495 e. The number of nitrogens with zero attached hydrogens (tertiary/aromatic N) is 6. The summed E-state index contributed by atoms with van der Waals surface area (Å²) < 4.78 is 7.53. The molecule has 8 heteroatoms. The smallest absolute Gasteiger partial charge is 0.227 e. The van der Waals surface area contributed by atoms with Crippen LogP contribution in [0.4, 0.5) is 5.69 Å². The number of carbonyl (C=O) groups is 1. The van der Waals surface area contributed by atoms with E-state index in [9.17, 15) is 4.79 Å². The minimum atomic E-state index is 0.0112. The molecule has 4 aliphatic heterocycles. The van der Waals surface area contributed by atoms with E-state index < -0.39 is 0 Å². The van der Waals surface area contributed by atoms with E-state index in [1.807, 2.05) is 22.9 Å². The summed E-state index contributed by atoms with van der Waals surface area (Å²) in [6.45, 7) is 12.6. The van der Waals surface area contributed by atoms with Gasteiger partial charge in [0.25, 0.3) is 0 Å². The molecule has 6 rings (SSSR count). The van der Waals surface area contributed by atoms with Gasteiger partial charge in [0, 0.05) is 50.4 Å². The summed E-state index contributed by atoms with van der Waals surface area (Å²) in [5.41, 5.74) is 2.16. The van der Waals surface area contributed by atoms with E-state index in [0.29, 0.717) is 17.9 Å². The van der Waals surface area contributed by atoms with Gasteiger partial charge in [0.2, 0.25) is 5.91 Å². The Labute approximate surface area is 202 Å². The van der Waals surface area contributed by atoms with E-state index in [1.54, 1.807) is 7.11 Å². The van der Waals surface area contributed by atoms with Gasteiger partial charge >= 0.3 is 0 Å². The van der Waals surface area contributed by atoms with Crippen LogP contribution in [0.25, 0.3) is 0 Å². The molecule has 4 fully saturated rings. The first-order chi connectivity index (χ1) is 16.3. The monoisotopic (exact) mass is 466 g/mol. The minimum Gasteiger partial charge on any atom is -0.495 e. The summed E-state index contributed by atoms with van der Waals surface area (Å²) in [5.74, 6) is 1.85. The number of anilines is 1. The topological polar surface area (TPSA) is 66.7 Å². The molecule has 1 unspecified atom stereocenters. The van der Waals surface area contributed by atoms with Gasteiger partial charge in [-0.2, -0.15) is 0 Å². The zero-order chi connectivity index (χ0) is 23.9. The number of aromatic nitrogens is 3. The standard InChI is InChI=1S/C26H38N6O2/c1-26(2,3)24-18-32(28-27-24)16-20-15-19-9-10-31(20)17-21(19)25(33)30-13-11-29(12-14-30)22-7-5-6-8-23(22)34-4/h5-8,18-21H,9-17H2,1-4H3/t19-,20-,21+/m1/s1. The van der Waals surface area contributed by atoms with Crippen molar-refractivity contribution in [1.29, 1.82) is 0 Å². The van der Waals surface area contributed by atoms with Gasteiger partial charge in [-0.1, -0.05) is 38.1 Å². The van der Waals surface area contributed by atoms with Gasteiger partial charge in [0.1, 0.15) is 5.75 Å². The number of hydrogen-bond acceptors (Lipinski definition) is 6. The second-order valence-corrected chi connectivity index (χ2v) is 11.1. The molecule has 184 valence electrons. The van der Waals surface area contributed by atoms with Crippen LogP contribution >= 0.6 is 0 Å². The van der Waals surface area contributed by atoms with Crippen molar-refractivity contribution in [1.82, 2.24) is 24.8 Å². The van der Waals surface area contributed by atoms with E-state index in [-0.39, 0.29) is 11.3 Å². The van der Waals surface area contributed by atoms with Crippen LogP contribution in [0.1, 0.15) is 39.3 Å². The maximum absolute atomic E-state index is 13.5. The predicted molar refractivity (Wildman–Crippen MR) is 132 cm³/mol. The number of carbonyl (C=O) groups excluding carboxylic acids is 1. The molecular formula is C26H38N6O2. The van der Waals surface area contributed by atoms with Crippen LogP contribution in [-0.4, -0.2) is 83.1 Å². The first-order valence-electron chi connectivity index (χ1n) is 12.6. The van der Waals surface area contributed by atoms with Gasteiger partial charge in [-0.3, -0.25) is 14.4 Å². The molecular weight excluding hydrogens is 428 g/mol. The molecule has 5 heterocycles. The third kappa shape index (κ3) is 4.52. The number of methoxy groups -OCH3 is 1. The maximum Gasteiger partial charge on any atom is 0.227 e. The van der Waals surface area contributed by atoms with Crippen molar-refractivity contribution in [3.8, 4) is 5.75 Å². The molecule has 1 amide bonds. The summed E-state index contributed by atoms with van der Waals surface area (Å²) in [6, 6.07) is 8.58. The number of piperidine rings is 3. The molecule has 0 N–H and O–H groups in total. The quantitative estimate of drug-likeness (QED) is 0.675. The Morgan fingerprint density at radius 1 is 1.12 bits per heavy atom. The maximum atomic E-state index is 13.5. The zero-order valence-electron chi connectivity index (χ0n) is 21.0. The number of rotatable bonds is 5. The third-order valence-corrected chi connectivity index (χ3v) is 7.92. The summed E-state index contributed by atoms with van der Waals surface area (Å²) in [4.78, 5) is 20.5. The average Bonchev–Trinajstić information content (AvgIpc) is 3.33. The highest BCUT2D eigenvalue weighted by Crippen LogP contribution is 2.38. The Kier molecular flexibility index (Phi) is 6.27. The van der Waals surface area contributed by atoms with Crippen LogP contribution in [0, 0.1) is 11.8 Å². The molecule has 1 aromatic heterocycles. The number of para-hydroxylation sites is 2. The van der Waals surface area contributed by atoms with Gasteiger partial charge in [-0.25, -0.2) is 0 Å². The van der Waals surface area contributed by atoms with Crippen LogP contribution in [0.5, 0.6) is 5.75 Å². The number of fused-ring (bicyclic) bond motifs is 3. The first kappa shape index (κ1) is 23.1. The zero-order valence-corrected chi connectivity index (χ0v) is 21.0. The fraction of sp³-hybridized carbons (Fsp3) is 0.654. The lowest BCUT2D eigenvalue weighted by atomic mass is 9.75. The van der Waals surface area contributed by atoms with Crippen molar-refractivity contribution < 1.29 is 9.53 Å². The van der Waals surface area contributed by atoms with Crippen LogP contribution in [0.15, 0.2) is 30.5 Å². The van der Waals surface area contributed by atoms with Crippen LogP contribution < -0.4 is 9.64 Å². The molecule has 1 aromatic carbocycles. The van der Waals surface area contributed by atoms with E-state index >= 15 is 0 Å². The van der Waals surface area contributed by atoms with Crippen LogP contribution in [-0.2, 0) is 16.8 Å². The molecule has 4 saturated heterocycles. The highest BCUT2D eigenvalue weighted by Gasteiger charge is 2.45. The fourth-order valence-corrected chi connectivity index (χ4v) is 5.85. The lowest BCUT2D eigenvalue weighted by Gasteiger charge is -2.50. The molecule has 0 aliphatic carbocycles. The third-order valence-electron chi connectivity index (χ3n) is 7.92. The molecule has 0 radical (unpaired) electrons. The molecule has 4 atom stereocenters. The number of hydrogen-bond donors (Lipinski definition) is 0. The predicted octanol–water partition coefficient (Wildman–Crippen LogP) is 2.64. The summed E-state index contributed by atoms with van der Waals surface area (Å²) >= 11 is 0. The molecule has 34 heavy (non-hydrogen) atoms. The number of benzene rings is 1. The minimum absolute atomic E-state index is 0.0112. The molecule has 2 aromatic rings. The Balaban J connectivity index is 1.17. The van der Waals surface area contributed by atoms with Gasteiger partial charge < -0.3 is 14.5 Å². The van der Waals surface area contributed by atoms with Crippen molar-refractivity contribution in [2.24, 2.45) is 11.8 Å². The summed E-state index contributed by atoms with van der Waals surface area (Å²) in [7, 11) is 1.71. The van der Waals surface area contributed by atoms with E-state index in [1.165, 1.54) is 0 Å². The number of ether oxygens (including phenoxy) is 1. The highest BCUT2D eigenvalue weighted by molar-refractivity contribution is 5.80. The molecule has 0 spiro atoms. The van der Waals surface area contributed by atoms with Gasteiger partial charge in [0.15, 0.2) is 0 Å². The van der Waals surface area contributed by atoms with Gasteiger partial charge in [0.05, 0.1) is 31.0 Å². The van der Waals surface area contributed by atoms with Crippen molar-refractivity contribution in [2.45, 2.75) is 51.6 Å². The van der Waals surface area contributed by atoms with Crippen molar-refractivity contribution >= 4 is 11.6 Å². The Morgan fingerprint density at radius 2 is 1.88 bits per heavy atom. The second kappa shape index (κ2) is 9.21. The van der Waals surface area contributed by atoms with Crippen molar-refractivity contribution in [3.05, 3.63) is 36.2 Å². The van der Waals surface area contributed by atoms with Crippen LogP contribution in [0.2, 0.25) is 0 Å². The Morgan fingerprint density at radius 3 is 2.53 bits per heavy atom. The normalized spacial score (nSPS) is 27.2. The molecule has 0 saturated carbocycles. The van der Waals surface area contributed by atoms with E-state index in [0.717, 1.165) is 75.8 Å². The molecule has 2 bridgehead atoms. The SMILES string of the molecule is COc1ccccc1N1CCN(C(=O)[C@H]2CN3CC[C@@H]2C[C@@H]3Cn2cc(C(C)(C)C)nn2)CC1. The van der Waals surface area contributed by atoms with Crippen molar-refractivity contribution in [2.75, 3.05) is 51.3 Å². The summed E-state index contributed by atoms with van der Waals surface area (Å²) in [6.07, 6.45) is 4.29. The Bertz CT molecular complexity index is 1010. The van der Waals surface area contributed by atoms with Gasteiger partial charge in [-0.05, 0) is 37.4 Å². The Hall–Kier alpha value is -2.61. The highest BCUT2D eigenvalue weighted by atomic mass is 16.5. The lowest BCUT2D eigenvalue weighted by molar-refractivity contribution is -0.144.